The van der Waals surface area contributed by atoms with Gasteiger partial charge in [0.15, 0.2) is 11.6 Å². The molecule has 1 aromatic carbocycles. The van der Waals surface area contributed by atoms with Crippen LogP contribution in [0.4, 0.5) is 21.6 Å². The minimum atomic E-state index is -3.50. The van der Waals surface area contributed by atoms with Gasteiger partial charge in [-0.05, 0) is 50.5 Å². The maximum Gasteiger partial charge on any atom is 0.237 e. The lowest BCUT2D eigenvalue weighted by atomic mass is 9.99. The molecule has 2 aromatic heterocycles. The van der Waals surface area contributed by atoms with Gasteiger partial charge in [-0.25, -0.2) is 12.8 Å². The van der Waals surface area contributed by atoms with E-state index in [2.05, 4.69) is 37.4 Å². The second-order valence-corrected chi connectivity index (χ2v) is 9.78. The highest BCUT2D eigenvalue weighted by molar-refractivity contribution is 7.92. The molecule has 0 bridgehead atoms. The number of benzene rings is 1. The summed E-state index contributed by atoms with van der Waals surface area (Å²) in [4.78, 5) is 4.66. The third-order valence-corrected chi connectivity index (χ3v) is 7.10. The molecule has 0 radical (unpaired) electrons. The fourth-order valence-corrected chi connectivity index (χ4v) is 5.68. The molecule has 2 unspecified atom stereocenters. The van der Waals surface area contributed by atoms with Crippen molar-refractivity contribution >= 4 is 27.2 Å². The van der Waals surface area contributed by atoms with E-state index in [1.165, 1.54) is 6.07 Å². The van der Waals surface area contributed by atoms with E-state index >= 15 is 0 Å². The van der Waals surface area contributed by atoms with Gasteiger partial charge >= 0.3 is 0 Å². The molecule has 3 heterocycles. The number of aryl methyl sites for hydroxylation is 1. The quantitative estimate of drug-likeness (QED) is 0.576. The van der Waals surface area contributed by atoms with Crippen molar-refractivity contribution < 1.29 is 12.8 Å². The number of aromatic amines is 1. The van der Waals surface area contributed by atoms with Gasteiger partial charge in [0.25, 0.3) is 0 Å². The van der Waals surface area contributed by atoms with Crippen LogP contribution in [0, 0.1) is 12.7 Å². The molecule has 5 rings (SSSR count). The Kier molecular flexibility index (Phi) is 4.50. The molecule has 0 spiro atoms. The second kappa shape index (κ2) is 7.09. The number of sulfonamides is 1. The fourth-order valence-electron chi connectivity index (χ4n) is 4.42. The standard InChI is InChI=1S/C21H22FN5O2S/c1-12-3-2-4-16(23-12)13-5-6-14(9-13)19-10-20(26-25-19)24-18-8-7-17-15(21(18)22)11-30(28,29)27-17/h2-4,7-8,10,13-14,27H,5-6,9,11H2,1H3,(H2,24,25,26). The van der Waals surface area contributed by atoms with Gasteiger partial charge in [0.1, 0.15) is 0 Å². The lowest BCUT2D eigenvalue weighted by Crippen LogP contribution is -2.05. The Morgan fingerprint density at radius 3 is 2.83 bits per heavy atom. The van der Waals surface area contributed by atoms with E-state index in [-0.39, 0.29) is 17.0 Å². The molecule has 7 nitrogen and oxygen atoms in total. The number of pyridine rings is 1. The first-order chi connectivity index (χ1) is 14.4. The first-order valence-electron chi connectivity index (χ1n) is 9.96. The Morgan fingerprint density at radius 2 is 2.00 bits per heavy atom. The number of hydrogen-bond donors (Lipinski definition) is 3. The van der Waals surface area contributed by atoms with Crippen LogP contribution in [0.15, 0.2) is 36.4 Å². The summed E-state index contributed by atoms with van der Waals surface area (Å²) in [6, 6.07) is 11.1. The summed E-state index contributed by atoms with van der Waals surface area (Å²) in [7, 11) is -3.50. The number of nitrogens with one attached hydrogen (secondary N) is 3. The number of rotatable bonds is 4. The van der Waals surface area contributed by atoms with Crippen molar-refractivity contribution in [1.29, 1.82) is 0 Å². The average molecular weight is 428 g/mol. The number of fused-ring (bicyclic) bond motifs is 1. The van der Waals surface area contributed by atoms with E-state index < -0.39 is 15.8 Å². The van der Waals surface area contributed by atoms with Gasteiger partial charge in [-0.15, -0.1) is 0 Å². The van der Waals surface area contributed by atoms with E-state index in [4.69, 9.17) is 0 Å². The Balaban J connectivity index is 1.30. The Labute approximate surface area is 174 Å². The SMILES string of the molecule is Cc1cccc(C2CCC(c3cc(Nc4ccc5c(c4F)CS(=O)(=O)N5)n[nH]3)C2)n1. The van der Waals surface area contributed by atoms with Crippen molar-refractivity contribution in [3.8, 4) is 0 Å². The third kappa shape index (κ3) is 3.54. The maximum absolute atomic E-state index is 14.8. The number of anilines is 3. The second-order valence-electron chi connectivity index (χ2n) is 8.06. The fraction of sp³-hybridized carbons (Fsp3) is 0.333. The topological polar surface area (TPSA) is 99.8 Å². The Morgan fingerprint density at radius 1 is 1.17 bits per heavy atom. The first-order valence-corrected chi connectivity index (χ1v) is 11.6. The summed E-state index contributed by atoms with van der Waals surface area (Å²) >= 11 is 0. The van der Waals surface area contributed by atoms with E-state index in [1.807, 2.05) is 19.1 Å². The van der Waals surface area contributed by atoms with Crippen LogP contribution in [0.5, 0.6) is 0 Å². The predicted octanol–water partition coefficient (Wildman–Crippen LogP) is 4.30. The van der Waals surface area contributed by atoms with Crippen molar-refractivity contribution in [2.45, 2.75) is 43.8 Å². The highest BCUT2D eigenvalue weighted by atomic mass is 32.2. The molecule has 1 aliphatic heterocycles. The van der Waals surface area contributed by atoms with Gasteiger partial charge in [0.2, 0.25) is 10.0 Å². The van der Waals surface area contributed by atoms with E-state index in [9.17, 15) is 12.8 Å². The molecule has 1 aliphatic carbocycles. The Bertz CT molecular complexity index is 1220. The molecule has 30 heavy (non-hydrogen) atoms. The zero-order valence-corrected chi connectivity index (χ0v) is 17.3. The smallest absolute Gasteiger partial charge is 0.237 e. The average Bonchev–Trinajstić information content (AvgIpc) is 3.42. The number of nitrogens with zero attached hydrogens (tertiary/aromatic N) is 2. The molecule has 156 valence electrons. The normalized spacial score (nSPS) is 21.9. The van der Waals surface area contributed by atoms with Crippen molar-refractivity contribution in [3.63, 3.8) is 0 Å². The lowest BCUT2D eigenvalue weighted by Gasteiger charge is -2.10. The molecule has 9 heteroatoms. The molecule has 2 aliphatic rings. The first kappa shape index (κ1) is 19.0. The highest BCUT2D eigenvalue weighted by Gasteiger charge is 2.30. The summed E-state index contributed by atoms with van der Waals surface area (Å²) in [6.07, 6.45) is 3.11. The number of aromatic nitrogens is 3. The summed E-state index contributed by atoms with van der Waals surface area (Å²) in [6.45, 7) is 2.01. The van der Waals surface area contributed by atoms with Gasteiger partial charge in [-0.1, -0.05) is 6.07 Å². The van der Waals surface area contributed by atoms with Crippen LogP contribution >= 0.6 is 0 Å². The predicted molar refractivity (Wildman–Crippen MR) is 113 cm³/mol. The van der Waals surface area contributed by atoms with E-state index in [0.29, 0.717) is 23.3 Å². The van der Waals surface area contributed by atoms with E-state index in [0.717, 1.165) is 36.3 Å². The monoisotopic (exact) mass is 427 g/mol. The lowest BCUT2D eigenvalue weighted by molar-refractivity contribution is 0.597. The maximum atomic E-state index is 14.8. The summed E-state index contributed by atoms with van der Waals surface area (Å²) < 4.78 is 40.5. The van der Waals surface area contributed by atoms with Gasteiger partial charge in [-0.3, -0.25) is 14.8 Å². The zero-order valence-electron chi connectivity index (χ0n) is 16.4. The molecule has 1 saturated carbocycles. The molecular formula is C21H22FN5O2S. The number of hydrogen-bond acceptors (Lipinski definition) is 5. The minimum Gasteiger partial charge on any atom is -0.336 e. The Hall–Kier alpha value is -2.94. The van der Waals surface area contributed by atoms with Crippen molar-refractivity contribution in [3.05, 3.63) is 64.9 Å². The molecule has 0 amide bonds. The zero-order chi connectivity index (χ0) is 20.9. The van der Waals surface area contributed by atoms with Gasteiger partial charge < -0.3 is 5.32 Å². The highest BCUT2D eigenvalue weighted by Crippen LogP contribution is 2.43. The van der Waals surface area contributed by atoms with Gasteiger partial charge in [0.05, 0.1) is 17.1 Å². The van der Waals surface area contributed by atoms with Crippen LogP contribution in [0.1, 0.15) is 53.7 Å². The van der Waals surface area contributed by atoms with Crippen molar-refractivity contribution in [2.75, 3.05) is 10.0 Å². The summed E-state index contributed by atoms with van der Waals surface area (Å²) in [5.41, 5.74) is 3.84. The molecule has 3 aromatic rings. The van der Waals surface area contributed by atoms with Crippen LogP contribution in [0.2, 0.25) is 0 Å². The van der Waals surface area contributed by atoms with Crippen LogP contribution in [0.3, 0.4) is 0 Å². The van der Waals surface area contributed by atoms with Gasteiger partial charge in [-0.2, -0.15) is 5.10 Å². The molecular weight excluding hydrogens is 405 g/mol. The van der Waals surface area contributed by atoms with Crippen LogP contribution < -0.4 is 10.0 Å². The van der Waals surface area contributed by atoms with Crippen LogP contribution in [0.25, 0.3) is 0 Å². The third-order valence-electron chi connectivity index (χ3n) is 5.90. The molecule has 2 atom stereocenters. The van der Waals surface area contributed by atoms with Crippen LogP contribution in [-0.2, 0) is 15.8 Å². The largest absolute Gasteiger partial charge is 0.336 e. The number of halogens is 1. The van der Waals surface area contributed by atoms with E-state index in [1.54, 1.807) is 6.07 Å². The van der Waals surface area contributed by atoms with Crippen LogP contribution in [-0.4, -0.2) is 23.6 Å². The molecule has 0 saturated heterocycles. The van der Waals surface area contributed by atoms with Crippen molar-refractivity contribution in [1.82, 2.24) is 15.2 Å². The molecule has 1 fully saturated rings. The number of H-pyrrole nitrogens is 1. The summed E-state index contributed by atoms with van der Waals surface area (Å²) in [5.74, 6) is 0.357. The van der Waals surface area contributed by atoms with Crippen molar-refractivity contribution in [2.24, 2.45) is 0 Å². The van der Waals surface area contributed by atoms with Gasteiger partial charge in [0, 0.05) is 40.5 Å². The summed E-state index contributed by atoms with van der Waals surface area (Å²) in [5, 5.41) is 10.3. The molecule has 3 N–H and O–H groups in total. The minimum absolute atomic E-state index is 0.153.